The number of aryl methyl sites for hydroxylation is 2. The van der Waals surface area contributed by atoms with Crippen molar-refractivity contribution < 1.29 is 14.3 Å². The molecule has 1 N–H and O–H groups in total. The summed E-state index contributed by atoms with van der Waals surface area (Å²) in [4.78, 5) is 32.9. The number of esters is 1. The number of amides is 1. The number of aromatic nitrogens is 1. The highest BCUT2D eigenvalue weighted by molar-refractivity contribution is 7.17. The molecule has 0 saturated carbocycles. The zero-order chi connectivity index (χ0) is 25.1. The Morgan fingerprint density at radius 1 is 1.03 bits per heavy atom. The maximum atomic E-state index is 13.8. The van der Waals surface area contributed by atoms with Gasteiger partial charge in [-0.15, -0.1) is 11.3 Å². The molecule has 2 aromatic carbocycles. The van der Waals surface area contributed by atoms with Crippen LogP contribution in [0.4, 0.5) is 5.00 Å². The minimum Gasteiger partial charge on any atom is -0.462 e. The summed E-state index contributed by atoms with van der Waals surface area (Å²) >= 11 is 1.52. The Balaban J connectivity index is 1.56. The van der Waals surface area contributed by atoms with Crippen LogP contribution >= 0.6 is 11.3 Å². The number of anilines is 1. The first-order chi connectivity index (χ1) is 17.5. The SMILES string of the molecule is CCCOC(=O)c1c(NC(=O)c2cc(-c3cccc(C)c3)nc3ccccc23)sc2c1CCCCC2. The lowest BCUT2D eigenvalue weighted by Gasteiger charge is -2.12. The van der Waals surface area contributed by atoms with Crippen molar-refractivity contribution in [2.45, 2.75) is 52.4 Å². The molecule has 0 atom stereocenters. The van der Waals surface area contributed by atoms with Gasteiger partial charge in [0.15, 0.2) is 0 Å². The van der Waals surface area contributed by atoms with Crippen molar-refractivity contribution in [3.05, 3.63) is 81.7 Å². The molecule has 36 heavy (non-hydrogen) atoms. The first-order valence-electron chi connectivity index (χ1n) is 12.6. The van der Waals surface area contributed by atoms with Gasteiger partial charge < -0.3 is 10.1 Å². The highest BCUT2D eigenvalue weighted by Crippen LogP contribution is 2.38. The molecular formula is C30H30N2O3S. The quantitative estimate of drug-likeness (QED) is 0.223. The Hall–Kier alpha value is -3.51. The zero-order valence-corrected chi connectivity index (χ0v) is 21.5. The van der Waals surface area contributed by atoms with Crippen LogP contribution < -0.4 is 5.32 Å². The van der Waals surface area contributed by atoms with Crippen LogP contribution in [0.3, 0.4) is 0 Å². The van der Waals surface area contributed by atoms with Crippen LogP contribution in [-0.2, 0) is 17.6 Å². The molecule has 0 bridgehead atoms. The van der Waals surface area contributed by atoms with Crippen LogP contribution in [0.25, 0.3) is 22.2 Å². The number of rotatable bonds is 6. The lowest BCUT2D eigenvalue weighted by Crippen LogP contribution is -2.16. The number of hydrogen-bond acceptors (Lipinski definition) is 5. The van der Waals surface area contributed by atoms with Crippen LogP contribution in [0.5, 0.6) is 0 Å². The molecule has 1 amide bonds. The predicted octanol–water partition coefficient (Wildman–Crippen LogP) is 7.36. The summed E-state index contributed by atoms with van der Waals surface area (Å²) in [6.07, 6.45) is 5.81. The summed E-state index contributed by atoms with van der Waals surface area (Å²) in [6.45, 7) is 4.38. The van der Waals surface area contributed by atoms with Gasteiger partial charge in [-0.2, -0.15) is 0 Å². The van der Waals surface area contributed by atoms with Crippen molar-refractivity contribution in [2.24, 2.45) is 0 Å². The van der Waals surface area contributed by atoms with Crippen molar-refractivity contribution >= 4 is 39.1 Å². The number of nitrogens with one attached hydrogen (secondary N) is 1. The van der Waals surface area contributed by atoms with Gasteiger partial charge in [-0.1, -0.05) is 55.3 Å². The average molecular weight is 499 g/mol. The third-order valence-corrected chi connectivity index (χ3v) is 7.77. The summed E-state index contributed by atoms with van der Waals surface area (Å²) in [5.74, 6) is -0.588. The molecule has 2 aromatic heterocycles. The molecule has 1 aliphatic rings. The van der Waals surface area contributed by atoms with Gasteiger partial charge in [0.25, 0.3) is 5.91 Å². The van der Waals surface area contributed by atoms with E-state index in [1.54, 1.807) is 0 Å². The molecule has 0 spiro atoms. The molecule has 6 heteroatoms. The van der Waals surface area contributed by atoms with Gasteiger partial charge >= 0.3 is 5.97 Å². The molecule has 1 aliphatic carbocycles. The first-order valence-corrected chi connectivity index (χ1v) is 13.5. The van der Waals surface area contributed by atoms with Crippen molar-refractivity contribution in [1.82, 2.24) is 4.98 Å². The fraction of sp³-hybridized carbons (Fsp3) is 0.300. The van der Waals surface area contributed by atoms with Gasteiger partial charge in [0, 0.05) is 15.8 Å². The van der Waals surface area contributed by atoms with E-state index in [1.807, 2.05) is 62.4 Å². The number of ether oxygens (including phenoxy) is 1. The van der Waals surface area contributed by atoms with E-state index in [0.717, 1.165) is 71.8 Å². The van der Waals surface area contributed by atoms with E-state index >= 15 is 0 Å². The summed E-state index contributed by atoms with van der Waals surface area (Å²) in [5.41, 5.74) is 5.71. The lowest BCUT2D eigenvalue weighted by atomic mass is 10.0. The maximum absolute atomic E-state index is 13.8. The summed E-state index contributed by atoms with van der Waals surface area (Å²) in [5, 5.41) is 4.46. The third-order valence-electron chi connectivity index (χ3n) is 6.56. The van der Waals surface area contributed by atoms with E-state index in [2.05, 4.69) is 11.4 Å². The maximum Gasteiger partial charge on any atom is 0.341 e. The van der Waals surface area contributed by atoms with Gasteiger partial charge in [0.1, 0.15) is 5.00 Å². The molecule has 0 radical (unpaired) electrons. The standard InChI is InChI=1S/C30H30N2O3S/c1-3-16-35-30(34)27-22-13-5-4-6-15-26(22)36-29(27)32-28(33)23-18-25(20-11-9-10-19(2)17-20)31-24-14-8-7-12-21(23)24/h7-12,14,17-18H,3-6,13,15-16H2,1-2H3,(H,32,33). The molecule has 0 unspecified atom stereocenters. The fourth-order valence-corrected chi connectivity index (χ4v) is 6.07. The number of nitrogens with zero attached hydrogens (tertiary/aromatic N) is 1. The number of para-hydroxylation sites is 1. The molecule has 184 valence electrons. The summed E-state index contributed by atoms with van der Waals surface area (Å²) in [7, 11) is 0. The Kier molecular flexibility index (Phi) is 7.14. The van der Waals surface area contributed by atoms with Gasteiger partial charge in [-0.25, -0.2) is 9.78 Å². The van der Waals surface area contributed by atoms with E-state index in [9.17, 15) is 9.59 Å². The summed E-state index contributed by atoms with van der Waals surface area (Å²) in [6, 6.07) is 17.6. The fourth-order valence-electron chi connectivity index (χ4n) is 4.80. The second-order valence-corrected chi connectivity index (χ2v) is 10.4. The van der Waals surface area contributed by atoms with E-state index in [-0.39, 0.29) is 11.9 Å². The highest BCUT2D eigenvalue weighted by Gasteiger charge is 2.27. The van der Waals surface area contributed by atoms with E-state index < -0.39 is 0 Å². The minimum atomic E-state index is -0.341. The van der Waals surface area contributed by atoms with Crippen molar-refractivity contribution in [1.29, 1.82) is 0 Å². The second kappa shape index (κ2) is 10.6. The zero-order valence-electron chi connectivity index (χ0n) is 20.7. The predicted molar refractivity (Wildman–Crippen MR) is 146 cm³/mol. The smallest absolute Gasteiger partial charge is 0.341 e. The monoisotopic (exact) mass is 498 g/mol. The Morgan fingerprint density at radius 2 is 1.86 bits per heavy atom. The molecule has 0 aliphatic heterocycles. The Bertz CT molecular complexity index is 1440. The van der Waals surface area contributed by atoms with Crippen molar-refractivity contribution in [3.63, 3.8) is 0 Å². The van der Waals surface area contributed by atoms with Gasteiger partial charge in [0.2, 0.25) is 0 Å². The lowest BCUT2D eigenvalue weighted by molar-refractivity contribution is 0.0505. The number of thiophene rings is 1. The van der Waals surface area contributed by atoms with Crippen LogP contribution in [0.2, 0.25) is 0 Å². The molecule has 5 nitrogen and oxygen atoms in total. The van der Waals surface area contributed by atoms with Crippen LogP contribution in [-0.4, -0.2) is 23.5 Å². The van der Waals surface area contributed by atoms with Crippen molar-refractivity contribution in [2.75, 3.05) is 11.9 Å². The largest absolute Gasteiger partial charge is 0.462 e. The van der Waals surface area contributed by atoms with E-state index in [4.69, 9.17) is 9.72 Å². The van der Waals surface area contributed by atoms with E-state index in [0.29, 0.717) is 22.7 Å². The number of hydrogen-bond donors (Lipinski definition) is 1. The van der Waals surface area contributed by atoms with Gasteiger partial charge in [-0.3, -0.25) is 4.79 Å². The Morgan fingerprint density at radius 3 is 2.69 bits per heavy atom. The summed E-state index contributed by atoms with van der Waals surface area (Å²) < 4.78 is 5.54. The third kappa shape index (κ3) is 4.91. The van der Waals surface area contributed by atoms with Gasteiger partial charge in [-0.05, 0) is 62.8 Å². The Labute approximate surface area is 215 Å². The normalized spacial score (nSPS) is 13.2. The van der Waals surface area contributed by atoms with Crippen LogP contribution in [0.1, 0.15) is 69.3 Å². The number of fused-ring (bicyclic) bond motifs is 2. The van der Waals surface area contributed by atoms with Crippen LogP contribution in [0.15, 0.2) is 54.6 Å². The van der Waals surface area contributed by atoms with Crippen LogP contribution in [0, 0.1) is 6.92 Å². The second-order valence-electron chi connectivity index (χ2n) is 9.30. The minimum absolute atomic E-state index is 0.247. The molecule has 2 heterocycles. The number of pyridine rings is 1. The average Bonchev–Trinajstić information content (AvgIpc) is 3.06. The number of carbonyl (C=O) groups is 2. The van der Waals surface area contributed by atoms with E-state index in [1.165, 1.54) is 16.2 Å². The number of carbonyl (C=O) groups excluding carboxylic acids is 2. The molecule has 0 fully saturated rings. The molecular weight excluding hydrogens is 468 g/mol. The van der Waals surface area contributed by atoms with Gasteiger partial charge in [0.05, 0.1) is 28.9 Å². The molecule has 0 saturated heterocycles. The molecule has 5 rings (SSSR count). The topological polar surface area (TPSA) is 68.3 Å². The highest BCUT2D eigenvalue weighted by atomic mass is 32.1. The molecule has 4 aromatic rings. The first kappa shape index (κ1) is 24.2. The van der Waals surface area contributed by atoms with Crippen molar-refractivity contribution in [3.8, 4) is 11.3 Å². The number of benzene rings is 2.